The second kappa shape index (κ2) is 11.4. The minimum atomic E-state index is -0.159. The molecule has 0 unspecified atom stereocenters. The maximum atomic E-state index is 11.5. The zero-order valence-electron chi connectivity index (χ0n) is 16.7. The molecule has 0 saturated carbocycles. The standard InChI is InChI=1S/C23H27ClO4/c1-4-28-22(25)8-6-5-7-21(24)23(17-9-13-19(26-2)14-10-17)18-11-15-20(27-3)16-12-18/h9-16H,4-8H2,1-3H3. The van der Waals surface area contributed by atoms with Gasteiger partial charge in [-0.15, -0.1) is 0 Å². The number of esters is 1. The van der Waals surface area contributed by atoms with Gasteiger partial charge < -0.3 is 14.2 Å². The Labute approximate surface area is 172 Å². The summed E-state index contributed by atoms with van der Waals surface area (Å²) in [5, 5.41) is 0.763. The Morgan fingerprint density at radius 3 is 1.71 bits per heavy atom. The van der Waals surface area contributed by atoms with Gasteiger partial charge in [0.2, 0.25) is 0 Å². The van der Waals surface area contributed by atoms with Crippen LogP contribution in [0.4, 0.5) is 0 Å². The van der Waals surface area contributed by atoms with Gasteiger partial charge in [0.15, 0.2) is 0 Å². The van der Waals surface area contributed by atoms with Crippen LogP contribution in [0.3, 0.4) is 0 Å². The lowest BCUT2D eigenvalue weighted by molar-refractivity contribution is -0.143. The van der Waals surface area contributed by atoms with E-state index in [2.05, 4.69) is 0 Å². The zero-order chi connectivity index (χ0) is 20.4. The number of carbonyl (C=O) groups is 1. The monoisotopic (exact) mass is 402 g/mol. The average Bonchev–Trinajstić information content (AvgIpc) is 2.72. The van der Waals surface area contributed by atoms with Gasteiger partial charge in [-0.3, -0.25) is 4.79 Å². The lowest BCUT2D eigenvalue weighted by Crippen LogP contribution is -2.03. The summed E-state index contributed by atoms with van der Waals surface area (Å²) in [7, 11) is 3.29. The SMILES string of the molecule is CCOC(=O)CCCCC(Cl)=C(c1ccc(OC)cc1)c1ccc(OC)cc1. The smallest absolute Gasteiger partial charge is 0.305 e. The van der Waals surface area contributed by atoms with Crippen LogP contribution in [0.1, 0.15) is 43.7 Å². The number of unbranched alkanes of at least 4 members (excludes halogenated alkanes) is 1. The molecule has 0 saturated heterocycles. The van der Waals surface area contributed by atoms with E-state index in [0.717, 1.165) is 46.1 Å². The van der Waals surface area contributed by atoms with Crippen LogP contribution < -0.4 is 9.47 Å². The van der Waals surface area contributed by atoms with Gasteiger partial charge in [-0.2, -0.15) is 0 Å². The maximum Gasteiger partial charge on any atom is 0.305 e. The van der Waals surface area contributed by atoms with Crippen molar-refractivity contribution in [1.82, 2.24) is 0 Å². The summed E-state index contributed by atoms with van der Waals surface area (Å²) in [6.07, 6.45) is 2.66. The average molecular weight is 403 g/mol. The normalized spacial score (nSPS) is 10.3. The highest BCUT2D eigenvalue weighted by Crippen LogP contribution is 2.33. The summed E-state index contributed by atoms with van der Waals surface area (Å²) in [5.41, 5.74) is 3.01. The number of benzene rings is 2. The summed E-state index contributed by atoms with van der Waals surface area (Å²) >= 11 is 6.74. The number of methoxy groups -OCH3 is 2. The Bertz CT molecular complexity index is 730. The van der Waals surface area contributed by atoms with Gasteiger partial charge in [0.05, 0.1) is 20.8 Å². The lowest BCUT2D eigenvalue weighted by Gasteiger charge is -2.13. The first-order chi connectivity index (χ1) is 13.6. The molecule has 28 heavy (non-hydrogen) atoms. The van der Waals surface area contributed by atoms with Crippen LogP contribution in [0.2, 0.25) is 0 Å². The van der Waals surface area contributed by atoms with E-state index in [1.165, 1.54) is 0 Å². The van der Waals surface area contributed by atoms with E-state index in [1.54, 1.807) is 14.2 Å². The van der Waals surface area contributed by atoms with Crippen molar-refractivity contribution in [3.8, 4) is 11.5 Å². The first-order valence-corrected chi connectivity index (χ1v) is 9.80. The molecule has 0 aliphatic heterocycles. The number of hydrogen-bond acceptors (Lipinski definition) is 4. The van der Waals surface area contributed by atoms with Crippen LogP contribution in [-0.2, 0) is 9.53 Å². The van der Waals surface area contributed by atoms with Crippen LogP contribution in [0.15, 0.2) is 53.6 Å². The second-order valence-corrected chi connectivity index (χ2v) is 6.71. The molecular formula is C23H27ClO4. The van der Waals surface area contributed by atoms with Crippen molar-refractivity contribution in [1.29, 1.82) is 0 Å². The van der Waals surface area contributed by atoms with Crippen molar-refractivity contribution in [2.45, 2.75) is 32.6 Å². The Morgan fingerprint density at radius 1 is 0.821 bits per heavy atom. The third-order valence-corrected chi connectivity index (χ3v) is 4.74. The molecule has 0 aliphatic rings. The highest BCUT2D eigenvalue weighted by Gasteiger charge is 2.12. The third kappa shape index (κ3) is 6.31. The first-order valence-electron chi connectivity index (χ1n) is 9.42. The summed E-state index contributed by atoms with van der Waals surface area (Å²) in [5.74, 6) is 1.43. The predicted octanol–water partition coefficient (Wildman–Crippen LogP) is 5.83. The van der Waals surface area contributed by atoms with Gasteiger partial charge in [-0.1, -0.05) is 35.9 Å². The molecule has 0 aliphatic carbocycles. The summed E-state index contributed by atoms with van der Waals surface area (Å²) in [4.78, 5) is 11.5. The molecule has 0 amide bonds. The number of ether oxygens (including phenoxy) is 3. The van der Waals surface area contributed by atoms with Crippen molar-refractivity contribution in [3.05, 3.63) is 64.7 Å². The van der Waals surface area contributed by atoms with Crippen molar-refractivity contribution in [3.63, 3.8) is 0 Å². The Kier molecular flexibility index (Phi) is 8.89. The van der Waals surface area contributed by atoms with Gasteiger partial charge in [0.25, 0.3) is 0 Å². The maximum absolute atomic E-state index is 11.5. The Morgan fingerprint density at radius 2 is 1.29 bits per heavy atom. The van der Waals surface area contributed by atoms with E-state index in [9.17, 15) is 4.79 Å². The third-order valence-electron chi connectivity index (χ3n) is 4.36. The van der Waals surface area contributed by atoms with Crippen molar-refractivity contribution >= 4 is 23.1 Å². The fourth-order valence-electron chi connectivity index (χ4n) is 2.90. The molecule has 5 heteroatoms. The molecule has 0 spiro atoms. The van der Waals surface area contributed by atoms with Crippen LogP contribution in [0.25, 0.3) is 5.57 Å². The van der Waals surface area contributed by atoms with Crippen LogP contribution in [0, 0.1) is 0 Å². The number of rotatable bonds is 10. The van der Waals surface area contributed by atoms with Crippen LogP contribution in [-0.4, -0.2) is 26.8 Å². The van der Waals surface area contributed by atoms with Gasteiger partial charge in [-0.05, 0) is 61.6 Å². The van der Waals surface area contributed by atoms with E-state index in [0.29, 0.717) is 19.4 Å². The Hall–Kier alpha value is -2.46. The zero-order valence-corrected chi connectivity index (χ0v) is 17.4. The molecule has 0 heterocycles. The predicted molar refractivity (Wildman–Crippen MR) is 113 cm³/mol. The fourth-order valence-corrected chi connectivity index (χ4v) is 3.25. The number of allylic oxidation sites excluding steroid dienone is 1. The van der Waals surface area contributed by atoms with Gasteiger partial charge >= 0.3 is 5.97 Å². The highest BCUT2D eigenvalue weighted by molar-refractivity contribution is 6.33. The van der Waals surface area contributed by atoms with E-state index >= 15 is 0 Å². The Balaban J connectivity index is 2.22. The second-order valence-electron chi connectivity index (χ2n) is 6.25. The van der Waals surface area contributed by atoms with E-state index in [4.69, 9.17) is 25.8 Å². The molecule has 2 aromatic rings. The molecule has 2 aromatic carbocycles. The lowest BCUT2D eigenvalue weighted by atomic mass is 9.95. The molecule has 0 atom stereocenters. The largest absolute Gasteiger partial charge is 0.497 e. The van der Waals surface area contributed by atoms with Crippen molar-refractivity contribution in [2.24, 2.45) is 0 Å². The summed E-state index contributed by atoms with van der Waals surface area (Å²) in [6, 6.07) is 15.7. The number of halogens is 1. The molecule has 0 N–H and O–H groups in total. The summed E-state index contributed by atoms with van der Waals surface area (Å²) in [6.45, 7) is 2.23. The quantitative estimate of drug-likeness (QED) is 0.370. The van der Waals surface area contributed by atoms with Crippen molar-refractivity contribution in [2.75, 3.05) is 20.8 Å². The molecule has 0 bridgehead atoms. The summed E-state index contributed by atoms with van der Waals surface area (Å²) < 4.78 is 15.5. The topological polar surface area (TPSA) is 44.8 Å². The first kappa shape index (κ1) is 21.8. The fraction of sp³-hybridized carbons (Fsp3) is 0.348. The van der Waals surface area contributed by atoms with E-state index < -0.39 is 0 Å². The van der Waals surface area contributed by atoms with E-state index in [1.807, 2.05) is 55.5 Å². The molecule has 0 radical (unpaired) electrons. The molecule has 2 rings (SSSR count). The minimum Gasteiger partial charge on any atom is -0.497 e. The van der Waals surface area contributed by atoms with E-state index in [-0.39, 0.29) is 5.97 Å². The molecule has 150 valence electrons. The molecular weight excluding hydrogens is 376 g/mol. The number of hydrogen-bond donors (Lipinski definition) is 0. The van der Waals surface area contributed by atoms with Crippen LogP contribution >= 0.6 is 11.6 Å². The molecule has 0 fully saturated rings. The van der Waals surface area contributed by atoms with Crippen molar-refractivity contribution < 1.29 is 19.0 Å². The van der Waals surface area contributed by atoms with Gasteiger partial charge in [0, 0.05) is 17.0 Å². The van der Waals surface area contributed by atoms with Crippen LogP contribution in [0.5, 0.6) is 11.5 Å². The van der Waals surface area contributed by atoms with Gasteiger partial charge in [-0.25, -0.2) is 0 Å². The van der Waals surface area contributed by atoms with Gasteiger partial charge in [0.1, 0.15) is 11.5 Å². The number of carbonyl (C=O) groups excluding carboxylic acids is 1. The highest BCUT2D eigenvalue weighted by atomic mass is 35.5. The molecule has 0 aromatic heterocycles. The minimum absolute atomic E-state index is 0.159. The molecule has 4 nitrogen and oxygen atoms in total.